The minimum atomic E-state index is 0.247. The van der Waals surface area contributed by atoms with Crippen LogP contribution < -0.4 is 5.73 Å². The molecule has 3 unspecified atom stereocenters. The lowest BCUT2D eigenvalue weighted by Crippen LogP contribution is -2.46. The zero-order valence-corrected chi connectivity index (χ0v) is 13.2. The summed E-state index contributed by atoms with van der Waals surface area (Å²) < 4.78 is 0. The van der Waals surface area contributed by atoms with Crippen molar-refractivity contribution in [3.05, 3.63) is 35.4 Å². The van der Waals surface area contributed by atoms with Gasteiger partial charge in [-0.1, -0.05) is 51.5 Å². The van der Waals surface area contributed by atoms with Crippen molar-refractivity contribution in [2.75, 3.05) is 0 Å². The summed E-state index contributed by atoms with van der Waals surface area (Å²) >= 11 is 0. The largest absolute Gasteiger partial charge is 0.327 e. The van der Waals surface area contributed by atoms with Crippen LogP contribution >= 0.6 is 0 Å². The SMILES string of the molecule is CC(C)(C)c1ccc([C@H]2CCC3CCCC2C3N)cc1. The van der Waals surface area contributed by atoms with Crippen molar-refractivity contribution in [3.63, 3.8) is 0 Å². The minimum Gasteiger partial charge on any atom is -0.327 e. The second kappa shape index (κ2) is 5.18. The van der Waals surface area contributed by atoms with Crippen molar-refractivity contribution in [2.45, 2.75) is 70.3 Å². The molecule has 1 aromatic carbocycles. The molecule has 0 spiro atoms. The number of benzene rings is 1. The van der Waals surface area contributed by atoms with Gasteiger partial charge in [0.1, 0.15) is 0 Å². The highest BCUT2D eigenvalue weighted by atomic mass is 14.7. The van der Waals surface area contributed by atoms with Gasteiger partial charge in [-0.3, -0.25) is 0 Å². The van der Waals surface area contributed by atoms with Crippen LogP contribution in [0.3, 0.4) is 0 Å². The summed E-state index contributed by atoms with van der Waals surface area (Å²) in [5.74, 6) is 2.23. The molecule has 0 aromatic heterocycles. The summed E-state index contributed by atoms with van der Waals surface area (Å²) in [6.45, 7) is 6.85. The molecular weight excluding hydrogens is 242 g/mol. The average Bonchev–Trinajstić information content (AvgIpc) is 2.38. The number of nitrogens with two attached hydrogens (primary N) is 1. The maximum atomic E-state index is 6.51. The Bertz CT molecular complexity index is 454. The predicted octanol–water partition coefficient (Wildman–Crippen LogP) is 4.61. The van der Waals surface area contributed by atoms with Gasteiger partial charge in [-0.05, 0) is 60.0 Å². The highest BCUT2D eigenvalue weighted by Gasteiger charge is 2.40. The molecule has 2 aliphatic rings. The van der Waals surface area contributed by atoms with Crippen molar-refractivity contribution in [2.24, 2.45) is 17.6 Å². The number of fused-ring (bicyclic) bond motifs is 2. The van der Waals surface area contributed by atoms with Gasteiger partial charge in [0.2, 0.25) is 0 Å². The first-order valence-corrected chi connectivity index (χ1v) is 8.33. The molecule has 2 saturated carbocycles. The fourth-order valence-corrected chi connectivity index (χ4v) is 4.41. The quantitative estimate of drug-likeness (QED) is 0.793. The van der Waals surface area contributed by atoms with Gasteiger partial charge in [0.15, 0.2) is 0 Å². The summed E-state index contributed by atoms with van der Waals surface area (Å²) in [7, 11) is 0. The second-order valence-electron chi connectivity index (χ2n) is 7.99. The van der Waals surface area contributed by atoms with Gasteiger partial charge in [0, 0.05) is 6.04 Å². The van der Waals surface area contributed by atoms with E-state index in [0.717, 1.165) is 11.8 Å². The van der Waals surface area contributed by atoms with Gasteiger partial charge >= 0.3 is 0 Å². The van der Waals surface area contributed by atoms with E-state index in [-0.39, 0.29) is 5.41 Å². The molecule has 1 heteroatoms. The van der Waals surface area contributed by atoms with Crippen molar-refractivity contribution in [1.29, 1.82) is 0 Å². The first kappa shape index (κ1) is 14.1. The van der Waals surface area contributed by atoms with E-state index >= 15 is 0 Å². The number of hydrogen-bond acceptors (Lipinski definition) is 1. The zero-order valence-electron chi connectivity index (χ0n) is 13.2. The Morgan fingerprint density at radius 1 is 0.950 bits per heavy atom. The summed E-state index contributed by atoms with van der Waals surface area (Å²) in [5.41, 5.74) is 9.72. The summed E-state index contributed by atoms with van der Waals surface area (Å²) in [5, 5.41) is 0. The molecule has 2 aliphatic carbocycles. The van der Waals surface area contributed by atoms with Crippen molar-refractivity contribution in [1.82, 2.24) is 0 Å². The molecule has 110 valence electrons. The molecule has 1 nitrogen and oxygen atoms in total. The second-order valence-corrected chi connectivity index (χ2v) is 7.99. The Labute approximate surface area is 124 Å². The third-order valence-electron chi connectivity index (χ3n) is 5.72. The van der Waals surface area contributed by atoms with E-state index in [4.69, 9.17) is 5.73 Å². The van der Waals surface area contributed by atoms with Gasteiger partial charge in [-0.15, -0.1) is 0 Å². The zero-order chi connectivity index (χ0) is 14.3. The van der Waals surface area contributed by atoms with E-state index in [1.54, 1.807) is 0 Å². The lowest BCUT2D eigenvalue weighted by Gasteiger charge is -2.45. The van der Waals surface area contributed by atoms with Gasteiger partial charge in [0.05, 0.1) is 0 Å². The highest BCUT2D eigenvalue weighted by molar-refractivity contribution is 5.30. The van der Waals surface area contributed by atoms with Crippen molar-refractivity contribution in [3.8, 4) is 0 Å². The van der Waals surface area contributed by atoms with Gasteiger partial charge < -0.3 is 5.73 Å². The monoisotopic (exact) mass is 271 g/mol. The van der Waals surface area contributed by atoms with E-state index in [2.05, 4.69) is 45.0 Å². The van der Waals surface area contributed by atoms with Crippen LogP contribution in [0.25, 0.3) is 0 Å². The standard InChI is InChI=1S/C19H29N/c1-19(2,3)15-10-7-13(8-11-15)16-12-9-14-5-4-6-17(16)18(14)20/h7-8,10-11,14,16-18H,4-6,9,12,20H2,1-3H3/t14?,16-,17?,18?/m1/s1. The molecule has 1 aromatic rings. The Morgan fingerprint density at radius 2 is 1.65 bits per heavy atom. The maximum Gasteiger partial charge on any atom is 0.0101 e. The third-order valence-corrected chi connectivity index (χ3v) is 5.72. The van der Waals surface area contributed by atoms with Gasteiger partial charge in [0.25, 0.3) is 0 Å². The van der Waals surface area contributed by atoms with Crippen LogP contribution in [0.2, 0.25) is 0 Å². The van der Waals surface area contributed by atoms with E-state index in [0.29, 0.717) is 12.0 Å². The molecule has 0 radical (unpaired) electrons. The summed E-state index contributed by atoms with van der Waals surface area (Å²) in [6.07, 6.45) is 6.78. The molecule has 0 saturated heterocycles. The Hall–Kier alpha value is -0.820. The van der Waals surface area contributed by atoms with Crippen molar-refractivity contribution < 1.29 is 0 Å². The fraction of sp³-hybridized carbons (Fsp3) is 0.684. The minimum absolute atomic E-state index is 0.247. The van der Waals surface area contributed by atoms with Crippen molar-refractivity contribution >= 4 is 0 Å². The van der Waals surface area contributed by atoms with E-state index in [1.165, 1.54) is 43.2 Å². The molecule has 0 aliphatic heterocycles. The van der Waals surface area contributed by atoms with Crippen LogP contribution in [0.1, 0.15) is 69.9 Å². The van der Waals surface area contributed by atoms with E-state index in [1.807, 2.05) is 0 Å². The van der Waals surface area contributed by atoms with Crippen LogP contribution in [0.15, 0.2) is 24.3 Å². The van der Waals surface area contributed by atoms with E-state index in [9.17, 15) is 0 Å². The third kappa shape index (κ3) is 2.53. The molecule has 2 fully saturated rings. The average molecular weight is 271 g/mol. The predicted molar refractivity (Wildman–Crippen MR) is 85.9 cm³/mol. The number of hydrogen-bond donors (Lipinski definition) is 1. The Morgan fingerprint density at radius 3 is 2.30 bits per heavy atom. The Balaban J connectivity index is 1.82. The normalized spacial score (nSPS) is 34.0. The molecule has 2 bridgehead atoms. The molecule has 3 rings (SSSR count). The number of rotatable bonds is 1. The summed E-state index contributed by atoms with van der Waals surface area (Å²) in [4.78, 5) is 0. The molecular formula is C19H29N. The molecule has 2 N–H and O–H groups in total. The van der Waals surface area contributed by atoms with Crippen LogP contribution in [0, 0.1) is 11.8 Å². The van der Waals surface area contributed by atoms with Crippen LogP contribution in [-0.2, 0) is 5.41 Å². The lowest BCUT2D eigenvalue weighted by atomic mass is 9.62. The van der Waals surface area contributed by atoms with Gasteiger partial charge in [-0.25, -0.2) is 0 Å². The smallest absolute Gasteiger partial charge is 0.0101 e. The molecule has 0 heterocycles. The van der Waals surface area contributed by atoms with Crippen LogP contribution in [0.5, 0.6) is 0 Å². The highest BCUT2D eigenvalue weighted by Crippen LogP contribution is 2.47. The molecule has 4 atom stereocenters. The van der Waals surface area contributed by atoms with Crippen LogP contribution in [0.4, 0.5) is 0 Å². The van der Waals surface area contributed by atoms with Gasteiger partial charge in [-0.2, -0.15) is 0 Å². The first-order chi connectivity index (χ1) is 9.47. The first-order valence-electron chi connectivity index (χ1n) is 8.33. The molecule has 0 amide bonds. The van der Waals surface area contributed by atoms with E-state index < -0.39 is 0 Å². The van der Waals surface area contributed by atoms with Crippen LogP contribution in [-0.4, -0.2) is 6.04 Å². The fourth-order valence-electron chi connectivity index (χ4n) is 4.41. The Kier molecular flexibility index (Phi) is 3.66. The molecule has 20 heavy (non-hydrogen) atoms. The lowest BCUT2D eigenvalue weighted by molar-refractivity contribution is 0.128. The summed E-state index contributed by atoms with van der Waals surface area (Å²) in [6, 6.07) is 9.84. The maximum absolute atomic E-state index is 6.51. The topological polar surface area (TPSA) is 26.0 Å².